The summed E-state index contributed by atoms with van der Waals surface area (Å²) >= 11 is 0. The minimum atomic E-state index is -0.646. The first-order valence-corrected chi connectivity index (χ1v) is 4.61. The summed E-state index contributed by atoms with van der Waals surface area (Å²) in [6.07, 6.45) is 0. The second kappa shape index (κ2) is 3.32. The van der Waals surface area contributed by atoms with Crippen molar-refractivity contribution in [3.63, 3.8) is 0 Å². The van der Waals surface area contributed by atoms with Gasteiger partial charge in [-0.25, -0.2) is 0 Å². The second-order valence-electron chi connectivity index (χ2n) is 4.22. The van der Waals surface area contributed by atoms with Crippen LogP contribution in [0.3, 0.4) is 0 Å². The average molecular weight is 172 g/mol. The predicted octanol–water partition coefficient (Wildman–Crippen LogP) is -0.106. The number of piperidine rings is 1. The predicted molar refractivity (Wildman–Crippen MR) is 49.8 cm³/mol. The zero-order valence-corrected chi connectivity index (χ0v) is 8.25. The molecule has 2 unspecified atom stereocenters. The van der Waals surface area contributed by atoms with E-state index in [0.717, 1.165) is 13.1 Å². The van der Waals surface area contributed by atoms with Gasteiger partial charge in [-0.3, -0.25) is 0 Å². The first-order chi connectivity index (χ1) is 5.50. The lowest BCUT2D eigenvalue weighted by atomic mass is 9.75. The van der Waals surface area contributed by atoms with Crippen molar-refractivity contribution in [1.82, 2.24) is 4.90 Å². The molecule has 0 bridgehead atoms. The van der Waals surface area contributed by atoms with E-state index in [0.29, 0.717) is 6.54 Å². The molecule has 1 rings (SSSR count). The summed E-state index contributed by atoms with van der Waals surface area (Å²) < 4.78 is 0. The summed E-state index contributed by atoms with van der Waals surface area (Å²) in [5.41, 5.74) is 4.95. The van der Waals surface area contributed by atoms with Crippen LogP contribution in [-0.4, -0.2) is 42.3 Å². The summed E-state index contributed by atoms with van der Waals surface area (Å²) in [6.45, 7) is 6.40. The summed E-state index contributed by atoms with van der Waals surface area (Å²) in [4.78, 5) is 2.25. The van der Waals surface area contributed by atoms with Crippen LogP contribution in [0, 0.1) is 11.8 Å². The van der Waals surface area contributed by atoms with E-state index in [9.17, 15) is 5.11 Å². The molecule has 2 atom stereocenters. The topological polar surface area (TPSA) is 49.5 Å². The van der Waals surface area contributed by atoms with Crippen molar-refractivity contribution in [2.24, 2.45) is 17.6 Å². The minimum absolute atomic E-state index is 0.274. The molecular weight excluding hydrogens is 152 g/mol. The highest BCUT2D eigenvalue weighted by Crippen LogP contribution is 2.30. The van der Waals surface area contributed by atoms with Crippen LogP contribution in [-0.2, 0) is 0 Å². The van der Waals surface area contributed by atoms with Crippen molar-refractivity contribution in [2.75, 3.05) is 26.7 Å². The first-order valence-electron chi connectivity index (χ1n) is 4.61. The van der Waals surface area contributed by atoms with Gasteiger partial charge in [0.1, 0.15) is 0 Å². The summed E-state index contributed by atoms with van der Waals surface area (Å²) in [5, 5.41) is 10.2. The second-order valence-corrected chi connectivity index (χ2v) is 4.22. The molecule has 72 valence electrons. The maximum absolute atomic E-state index is 10.2. The van der Waals surface area contributed by atoms with Gasteiger partial charge >= 0.3 is 0 Å². The Morgan fingerprint density at radius 1 is 1.42 bits per heavy atom. The standard InChI is InChI=1S/C9H20N2O/c1-7-4-11(3)5-8(2)9(7,12)6-10/h7-8,12H,4-6,10H2,1-3H3. The van der Waals surface area contributed by atoms with Crippen LogP contribution >= 0.6 is 0 Å². The van der Waals surface area contributed by atoms with Crippen LogP contribution in [0.2, 0.25) is 0 Å². The lowest BCUT2D eigenvalue weighted by Gasteiger charge is -2.46. The molecule has 1 aliphatic heterocycles. The third-order valence-corrected chi connectivity index (χ3v) is 3.20. The van der Waals surface area contributed by atoms with Crippen molar-refractivity contribution in [2.45, 2.75) is 19.4 Å². The summed E-state index contributed by atoms with van der Waals surface area (Å²) in [5.74, 6) is 0.549. The van der Waals surface area contributed by atoms with Crippen molar-refractivity contribution < 1.29 is 5.11 Å². The van der Waals surface area contributed by atoms with E-state index in [1.165, 1.54) is 0 Å². The summed E-state index contributed by atoms with van der Waals surface area (Å²) in [7, 11) is 2.09. The number of rotatable bonds is 1. The minimum Gasteiger partial charge on any atom is -0.388 e. The van der Waals surface area contributed by atoms with E-state index >= 15 is 0 Å². The van der Waals surface area contributed by atoms with Gasteiger partial charge in [-0.05, 0) is 18.9 Å². The van der Waals surface area contributed by atoms with Gasteiger partial charge in [0, 0.05) is 19.6 Å². The smallest absolute Gasteiger partial charge is 0.0844 e. The van der Waals surface area contributed by atoms with E-state index < -0.39 is 5.60 Å². The zero-order valence-electron chi connectivity index (χ0n) is 8.25. The van der Waals surface area contributed by atoms with Gasteiger partial charge in [0.05, 0.1) is 5.60 Å². The number of nitrogens with two attached hydrogens (primary N) is 1. The van der Waals surface area contributed by atoms with Gasteiger partial charge < -0.3 is 15.7 Å². The highest BCUT2D eigenvalue weighted by molar-refractivity contribution is 4.95. The van der Waals surface area contributed by atoms with Gasteiger partial charge in [0.2, 0.25) is 0 Å². The van der Waals surface area contributed by atoms with Gasteiger partial charge in [-0.15, -0.1) is 0 Å². The van der Waals surface area contributed by atoms with Crippen molar-refractivity contribution in [3.05, 3.63) is 0 Å². The van der Waals surface area contributed by atoms with Gasteiger partial charge in [-0.2, -0.15) is 0 Å². The van der Waals surface area contributed by atoms with Crippen molar-refractivity contribution in [3.8, 4) is 0 Å². The Morgan fingerprint density at radius 3 is 2.17 bits per heavy atom. The number of likely N-dealkylation sites (tertiary alicyclic amines) is 1. The molecule has 1 aliphatic rings. The number of hydrogen-bond acceptors (Lipinski definition) is 3. The number of hydrogen-bond donors (Lipinski definition) is 2. The molecule has 12 heavy (non-hydrogen) atoms. The van der Waals surface area contributed by atoms with Gasteiger partial charge in [0.15, 0.2) is 0 Å². The number of aliphatic hydroxyl groups is 1. The monoisotopic (exact) mass is 172 g/mol. The largest absolute Gasteiger partial charge is 0.388 e. The molecule has 0 amide bonds. The van der Waals surface area contributed by atoms with Gasteiger partial charge in [-0.1, -0.05) is 13.8 Å². The normalized spacial score (nSPS) is 44.8. The Morgan fingerprint density at radius 2 is 1.83 bits per heavy atom. The van der Waals surface area contributed by atoms with E-state index in [-0.39, 0.29) is 11.8 Å². The third-order valence-electron chi connectivity index (χ3n) is 3.20. The SMILES string of the molecule is CC1CN(C)CC(C)C1(O)CN. The Kier molecular flexibility index (Phi) is 2.76. The van der Waals surface area contributed by atoms with Crippen LogP contribution in [0.4, 0.5) is 0 Å². The molecule has 0 radical (unpaired) electrons. The fourth-order valence-corrected chi connectivity index (χ4v) is 2.21. The Labute approximate surface area is 74.5 Å². The molecule has 0 aromatic heterocycles. The van der Waals surface area contributed by atoms with Crippen molar-refractivity contribution in [1.29, 1.82) is 0 Å². The molecule has 3 heteroatoms. The van der Waals surface area contributed by atoms with Gasteiger partial charge in [0.25, 0.3) is 0 Å². The lowest BCUT2D eigenvalue weighted by molar-refractivity contribution is -0.0932. The van der Waals surface area contributed by atoms with E-state index in [4.69, 9.17) is 5.73 Å². The maximum Gasteiger partial charge on any atom is 0.0844 e. The fourth-order valence-electron chi connectivity index (χ4n) is 2.21. The molecule has 0 aliphatic carbocycles. The quantitative estimate of drug-likeness (QED) is 0.580. The Bertz CT molecular complexity index is 149. The molecule has 1 saturated heterocycles. The maximum atomic E-state index is 10.2. The lowest BCUT2D eigenvalue weighted by Crippen LogP contribution is -2.59. The molecule has 0 saturated carbocycles. The fraction of sp³-hybridized carbons (Fsp3) is 1.00. The van der Waals surface area contributed by atoms with Crippen molar-refractivity contribution >= 4 is 0 Å². The summed E-state index contributed by atoms with van der Waals surface area (Å²) in [6, 6.07) is 0. The molecule has 1 heterocycles. The zero-order chi connectivity index (χ0) is 9.35. The Balaban J connectivity index is 2.73. The molecular formula is C9H20N2O. The van der Waals surface area contributed by atoms with E-state index in [1.807, 2.05) is 0 Å². The molecule has 0 spiro atoms. The molecule has 3 N–H and O–H groups in total. The first kappa shape index (κ1) is 9.96. The van der Waals surface area contributed by atoms with E-state index in [1.54, 1.807) is 0 Å². The molecule has 3 nitrogen and oxygen atoms in total. The molecule has 0 aromatic carbocycles. The molecule has 1 fully saturated rings. The third kappa shape index (κ3) is 1.49. The number of nitrogens with zero attached hydrogens (tertiary/aromatic N) is 1. The van der Waals surface area contributed by atoms with E-state index in [2.05, 4.69) is 25.8 Å². The average Bonchev–Trinajstić information content (AvgIpc) is 2.00. The van der Waals surface area contributed by atoms with Crippen LogP contribution in [0.1, 0.15) is 13.8 Å². The highest BCUT2D eigenvalue weighted by Gasteiger charge is 2.42. The van der Waals surface area contributed by atoms with Crippen LogP contribution in [0.15, 0.2) is 0 Å². The van der Waals surface area contributed by atoms with Crippen LogP contribution in [0.5, 0.6) is 0 Å². The molecule has 0 aromatic rings. The van der Waals surface area contributed by atoms with Crippen LogP contribution < -0.4 is 5.73 Å². The van der Waals surface area contributed by atoms with Crippen LogP contribution in [0.25, 0.3) is 0 Å². The highest BCUT2D eigenvalue weighted by atomic mass is 16.3. The Hall–Kier alpha value is -0.120.